The second-order valence-corrected chi connectivity index (χ2v) is 6.66. The van der Waals surface area contributed by atoms with Crippen LogP contribution in [0.1, 0.15) is 22.3 Å². The third-order valence-corrected chi connectivity index (χ3v) is 4.61. The maximum absolute atomic E-state index is 12.7. The number of amides is 1. The molecule has 1 aliphatic rings. The summed E-state index contributed by atoms with van der Waals surface area (Å²) in [5, 5.41) is 1.11. The standard InChI is InChI=1S/C18H18Cl2N2O2/c19-13-6-5-12(16(20)9-13)11-24-17-4-2-1-3-15(17)18(23)22-8-7-14(21)10-22/h1-6,9,14H,7-8,10-11,21H2/t14-/m1/s1. The Hall–Kier alpha value is -1.75. The predicted octanol–water partition coefficient (Wildman–Crippen LogP) is 3.75. The zero-order valence-corrected chi connectivity index (χ0v) is 14.6. The van der Waals surface area contributed by atoms with Crippen LogP contribution in [-0.4, -0.2) is 29.9 Å². The van der Waals surface area contributed by atoms with Crippen molar-refractivity contribution in [2.24, 2.45) is 5.73 Å². The van der Waals surface area contributed by atoms with Gasteiger partial charge in [0.05, 0.1) is 5.56 Å². The number of rotatable bonds is 4. The van der Waals surface area contributed by atoms with Gasteiger partial charge in [0, 0.05) is 34.7 Å². The molecule has 1 amide bonds. The number of benzene rings is 2. The van der Waals surface area contributed by atoms with Crippen LogP contribution >= 0.6 is 23.2 Å². The van der Waals surface area contributed by atoms with E-state index in [-0.39, 0.29) is 18.6 Å². The first-order chi connectivity index (χ1) is 11.5. The number of carbonyl (C=O) groups excluding carboxylic acids is 1. The number of nitrogens with zero attached hydrogens (tertiary/aromatic N) is 1. The number of para-hydroxylation sites is 1. The number of hydrogen-bond acceptors (Lipinski definition) is 3. The molecule has 0 saturated carbocycles. The van der Waals surface area contributed by atoms with Crippen LogP contribution in [0.15, 0.2) is 42.5 Å². The molecule has 1 saturated heterocycles. The SMILES string of the molecule is N[C@@H]1CCN(C(=O)c2ccccc2OCc2ccc(Cl)cc2Cl)C1. The zero-order valence-electron chi connectivity index (χ0n) is 13.0. The third-order valence-electron chi connectivity index (χ3n) is 4.03. The monoisotopic (exact) mass is 364 g/mol. The van der Waals surface area contributed by atoms with E-state index < -0.39 is 0 Å². The summed E-state index contributed by atoms with van der Waals surface area (Å²) < 4.78 is 5.85. The Bertz CT molecular complexity index is 752. The average molecular weight is 365 g/mol. The lowest BCUT2D eigenvalue weighted by Crippen LogP contribution is -2.32. The van der Waals surface area contributed by atoms with E-state index in [9.17, 15) is 4.79 Å². The van der Waals surface area contributed by atoms with Gasteiger partial charge in [0.2, 0.25) is 0 Å². The summed E-state index contributed by atoms with van der Waals surface area (Å²) in [5.41, 5.74) is 7.24. The molecule has 2 aromatic rings. The fourth-order valence-corrected chi connectivity index (χ4v) is 3.17. The van der Waals surface area contributed by atoms with Gasteiger partial charge in [-0.2, -0.15) is 0 Å². The number of likely N-dealkylation sites (tertiary alicyclic amines) is 1. The van der Waals surface area contributed by atoms with Crippen LogP contribution in [-0.2, 0) is 6.61 Å². The maximum atomic E-state index is 12.7. The lowest BCUT2D eigenvalue weighted by atomic mass is 10.1. The van der Waals surface area contributed by atoms with Gasteiger partial charge in [-0.15, -0.1) is 0 Å². The van der Waals surface area contributed by atoms with Gasteiger partial charge in [-0.25, -0.2) is 0 Å². The highest BCUT2D eigenvalue weighted by molar-refractivity contribution is 6.35. The molecule has 0 bridgehead atoms. The van der Waals surface area contributed by atoms with Crippen molar-refractivity contribution >= 4 is 29.1 Å². The fourth-order valence-electron chi connectivity index (χ4n) is 2.71. The van der Waals surface area contributed by atoms with E-state index in [4.69, 9.17) is 33.7 Å². The Morgan fingerprint density at radius 2 is 2.04 bits per heavy atom. The van der Waals surface area contributed by atoms with Crippen molar-refractivity contribution in [2.75, 3.05) is 13.1 Å². The van der Waals surface area contributed by atoms with Crippen LogP contribution in [0.2, 0.25) is 10.0 Å². The van der Waals surface area contributed by atoms with Crippen molar-refractivity contribution in [1.82, 2.24) is 4.90 Å². The maximum Gasteiger partial charge on any atom is 0.257 e. The molecule has 6 heteroatoms. The smallest absolute Gasteiger partial charge is 0.257 e. The van der Waals surface area contributed by atoms with Gasteiger partial charge < -0.3 is 15.4 Å². The van der Waals surface area contributed by atoms with Gasteiger partial charge in [0.1, 0.15) is 12.4 Å². The molecule has 3 rings (SSSR count). The molecular formula is C18H18Cl2N2O2. The largest absolute Gasteiger partial charge is 0.488 e. The first-order valence-corrected chi connectivity index (χ1v) is 8.51. The molecule has 0 aromatic heterocycles. The number of halogens is 2. The Kier molecular flexibility index (Phi) is 5.29. The van der Waals surface area contributed by atoms with E-state index in [1.165, 1.54) is 0 Å². The molecule has 126 valence electrons. The summed E-state index contributed by atoms with van der Waals surface area (Å²) in [6.07, 6.45) is 0.829. The van der Waals surface area contributed by atoms with Crippen molar-refractivity contribution < 1.29 is 9.53 Å². The third kappa shape index (κ3) is 3.83. The molecule has 24 heavy (non-hydrogen) atoms. The van der Waals surface area contributed by atoms with Crippen molar-refractivity contribution in [2.45, 2.75) is 19.1 Å². The molecule has 2 N–H and O–H groups in total. The lowest BCUT2D eigenvalue weighted by molar-refractivity contribution is 0.0786. The minimum atomic E-state index is -0.0549. The van der Waals surface area contributed by atoms with Crippen LogP contribution in [0.5, 0.6) is 5.75 Å². The van der Waals surface area contributed by atoms with E-state index in [1.54, 1.807) is 29.2 Å². The first-order valence-electron chi connectivity index (χ1n) is 7.75. The van der Waals surface area contributed by atoms with Crippen LogP contribution in [0.25, 0.3) is 0 Å². The number of nitrogens with two attached hydrogens (primary N) is 1. The molecule has 1 aliphatic heterocycles. The van der Waals surface area contributed by atoms with Crippen LogP contribution < -0.4 is 10.5 Å². The Morgan fingerprint density at radius 1 is 1.25 bits per heavy atom. The Labute approximate surface area is 151 Å². The van der Waals surface area contributed by atoms with E-state index >= 15 is 0 Å². The minimum absolute atomic E-state index is 0.0508. The normalized spacial score (nSPS) is 17.1. The van der Waals surface area contributed by atoms with Crippen LogP contribution in [0.4, 0.5) is 0 Å². The fraction of sp³-hybridized carbons (Fsp3) is 0.278. The van der Waals surface area contributed by atoms with Crippen molar-refractivity contribution in [3.05, 3.63) is 63.6 Å². The van der Waals surface area contributed by atoms with Crippen molar-refractivity contribution in [3.8, 4) is 5.75 Å². The second-order valence-electron chi connectivity index (χ2n) is 5.82. The van der Waals surface area contributed by atoms with Gasteiger partial charge >= 0.3 is 0 Å². The van der Waals surface area contributed by atoms with Gasteiger partial charge in [-0.3, -0.25) is 4.79 Å². The highest BCUT2D eigenvalue weighted by Crippen LogP contribution is 2.26. The molecule has 1 heterocycles. The summed E-state index contributed by atoms with van der Waals surface area (Å²) in [7, 11) is 0. The first kappa shape index (κ1) is 17.1. The summed E-state index contributed by atoms with van der Waals surface area (Å²) in [4.78, 5) is 14.4. The molecular weight excluding hydrogens is 347 g/mol. The highest BCUT2D eigenvalue weighted by Gasteiger charge is 2.26. The van der Waals surface area contributed by atoms with Gasteiger partial charge in [0.15, 0.2) is 0 Å². The second kappa shape index (κ2) is 7.43. The zero-order chi connectivity index (χ0) is 17.1. The number of hydrogen-bond donors (Lipinski definition) is 1. The quantitative estimate of drug-likeness (QED) is 0.898. The molecule has 0 aliphatic carbocycles. The molecule has 0 unspecified atom stereocenters. The molecule has 0 radical (unpaired) electrons. The summed E-state index contributed by atoms with van der Waals surface area (Å²) in [6.45, 7) is 1.52. The predicted molar refractivity (Wildman–Crippen MR) is 95.7 cm³/mol. The summed E-state index contributed by atoms with van der Waals surface area (Å²) in [5.74, 6) is 0.481. The molecule has 0 spiro atoms. The lowest BCUT2D eigenvalue weighted by Gasteiger charge is -2.18. The molecule has 1 atom stereocenters. The minimum Gasteiger partial charge on any atom is -0.488 e. The molecule has 4 nitrogen and oxygen atoms in total. The van der Waals surface area contributed by atoms with Crippen LogP contribution in [0.3, 0.4) is 0 Å². The van der Waals surface area contributed by atoms with Gasteiger partial charge in [-0.05, 0) is 30.7 Å². The van der Waals surface area contributed by atoms with Crippen molar-refractivity contribution in [1.29, 1.82) is 0 Å². The Balaban J connectivity index is 1.75. The van der Waals surface area contributed by atoms with Crippen LogP contribution in [0, 0.1) is 0 Å². The van der Waals surface area contributed by atoms with E-state index in [2.05, 4.69) is 0 Å². The van der Waals surface area contributed by atoms with E-state index in [0.29, 0.717) is 34.4 Å². The Morgan fingerprint density at radius 3 is 2.75 bits per heavy atom. The molecule has 1 fully saturated rings. The summed E-state index contributed by atoms with van der Waals surface area (Å²) >= 11 is 12.1. The van der Waals surface area contributed by atoms with Crippen molar-refractivity contribution in [3.63, 3.8) is 0 Å². The highest BCUT2D eigenvalue weighted by atomic mass is 35.5. The van der Waals surface area contributed by atoms with Gasteiger partial charge in [-0.1, -0.05) is 41.4 Å². The number of carbonyl (C=O) groups is 1. The topological polar surface area (TPSA) is 55.6 Å². The van der Waals surface area contributed by atoms with Gasteiger partial charge in [0.25, 0.3) is 5.91 Å². The van der Waals surface area contributed by atoms with E-state index in [1.807, 2.05) is 18.2 Å². The summed E-state index contributed by atoms with van der Waals surface area (Å²) in [6, 6.07) is 12.5. The average Bonchev–Trinajstić information content (AvgIpc) is 3.00. The number of ether oxygens (including phenoxy) is 1. The molecule has 2 aromatic carbocycles. The van der Waals surface area contributed by atoms with E-state index in [0.717, 1.165) is 12.0 Å².